The van der Waals surface area contributed by atoms with Gasteiger partial charge in [0, 0.05) is 48.5 Å². The van der Waals surface area contributed by atoms with Crippen LogP contribution in [0.25, 0.3) is 21.8 Å². The van der Waals surface area contributed by atoms with E-state index in [2.05, 4.69) is 33.4 Å². The molecule has 2 heterocycles. The average molecular weight is 618 g/mol. The van der Waals surface area contributed by atoms with Gasteiger partial charge in [-0.2, -0.15) is 0 Å². The third kappa shape index (κ3) is 7.91. The lowest BCUT2D eigenvalue weighted by atomic mass is 9.91. The van der Waals surface area contributed by atoms with Crippen LogP contribution in [0.15, 0.2) is 60.7 Å². The lowest BCUT2D eigenvalue weighted by molar-refractivity contribution is -0.0316. The number of aromatic amines is 1. The van der Waals surface area contributed by atoms with E-state index in [0.717, 1.165) is 71.9 Å². The Kier molecular flexibility index (Phi) is 10.8. The summed E-state index contributed by atoms with van der Waals surface area (Å²) in [6.07, 6.45) is 5.75. The van der Waals surface area contributed by atoms with Gasteiger partial charge in [-0.05, 0) is 61.6 Å². The van der Waals surface area contributed by atoms with Gasteiger partial charge in [0.1, 0.15) is 25.1 Å². The monoisotopic (exact) mass is 617 g/mol. The maximum Gasteiger partial charge on any atom is 0.161 e. The van der Waals surface area contributed by atoms with Crippen LogP contribution in [0.1, 0.15) is 37.7 Å². The lowest BCUT2D eigenvalue weighted by Crippen LogP contribution is -2.46. The van der Waals surface area contributed by atoms with Gasteiger partial charge >= 0.3 is 0 Å². The number of para-hydroxylation sites is 1. The largest absolute Gasteiger partial charge is 0.493 e. The van der Waals surface area contributed by atoms with Crippen molar-refractivity contribution in [3.05, 3.63) is 66.2 Å². The van der Waals surface area contributed by atoms with Crippen molar-refractivity contribution in [1.29, 1.82) is 0 Å². The van der Waals surface area contributed by atoms with Crippen LogP contribution in [0.3, 0.4) is 0 Å². The summed E-state index contributed by atoms with van der Waals surface area (Å²) in [5.74, 6) is 2.16. The van der Waals surface area contributed by atoms with Gasteiger partial charge in [0.25, 0.3) is 0 Å². The van der Waals surface area contributed by atoms with E-state index in [0.29, 0.717) is 43.8 Å². The summed E-state index contributed by atoms with van der Waals surface area (Å²) in [7, 11) is 1.66. The molecule has 0 radical (unpaired) electrons. The number of hydrogen-bond donors (Lipinski definition) is 4. The quantitative estimate of drug-likeness (QED) is 0.143. The van der Waals surface area contributed by atoms with Crippen LogP contribution in [0, 0.1) is 0 Å². The number of H-pyrrole nitrogens is 1. The first kappa shape index (κ1) is 31.6. The molecule has 1 saturated heterocycles. The Balaban J connectivity index is 0.910. The predicted molar refractivity (Wildman–Crippen MR) is 177 cm³/mol. The summed E-state index contributed by atoms with van der Waals surface area (Å²) in [4.78, 5) is 5.85. The fourth-order valence-electron chi connectivity index (χ4n) is 6.81. The molecule has 4 atom stereocenters. The predicted octanol–water partition coefficient (Wildman–Crippen LogP) is 4.67. The second kappa shape index (κ2) is 15.3. The maximum absolute atomic E-state index is 10.5. The molecule has 1 aliphatic carbocycles. The zero-order valence-electron chi connectivity index (χ0n) is 26.2. The summed E-state index contributed by atoms with van der Waals surface area (Å²) in [6, 6.07) is 20.6. The number of aromatic nitrogens is 1. The van der Waals surface area contributed by atoms with Gasteiger partial charge < -0.3 is 39.5 Å². The number of aliphatic hydroxyl groups excluding tert-OH is 2. The molecule has 9 nitrogen and oxygen atoms in total. The van der Waals surface area contributed by atoms with Gasteiger partial charge in [-0.3, -0.25) is 4.90 Å². The normalized spacial score (nSPS) is 21.4. The standard InChI is InChI=1S/C36H47N3O6/c1-42-35-21-25(16-19-43-32-11-5-4-10-31(32)39-18-15-26(40)23-39)13-14-33(35)44-20-17-37-22-27(41)24-45-34-12-6-9-30-36(34)28-7-2-3-8-29(28)38-30/h2-3,6-9,12-14,21,26-27,31-32,37-38,40-41H,4-5,10-11,15-20,22-24H2,1H3/t26?,27-,31+,32-/m1/s1. The molecule has 1 unspecified atom stereocenters. The van der Waals surface area contributed by atoms with Gasteiger partial charge in [0.05, 0.1) is 31.4 Å². The van der Waals surface area contributed by atoms with Crippen molar-refractivity contribution in [1.82, 2.24) is 15.2 Å². The Morgan fingerprint density at radius 2 is 1.80 bits per heavy atom. The van der Waals surface area contributed by atoms with Crippen molar-refractivity contribution >= 4 is 21.8 Å². The van der Waals surface area contributed by atoms with E-state index in [4.69, 9.17) is 18.9 Å². The van der Waals surface area contributed by atoms with Crippen molar-refractivity contribution < 1.29 is 29.2 Å². The Labute approximate surface area is 265 Å². The number of fused-ring (bicyclic) bond motifs is 3. The highest BCUT2D eigenvalue weighted by Crippen LogP contribution is 2.33. The highest BCUT2D eigenvalue weighted by Gasteiger charge is 2.34. The average Bonchev–Trinajstić information content (AvgIpc) is 3.68. The van der Waals surface area contributed by atoms with Crippen molar-refractivity contribution in [2.45, 2.75) is 62.9 Å². The Morgan fingerprint density at radius 3 is 2.67 bits per heavy atom. The Hall–Kier alpha value is -3.34. The smallest absolute Gasteiger partial charge is 0.161 e. The summed E-state index contributed by atoms with van der Waals surface area (Å²) in [5.41, 5.74) is 3.23. The van der Waals surface area contributed by atoms with Gasteiger partial charge in [-0.15, -0.1) is 0 Å². The summed E-state index contributed by atoms with van der Waals surface area (Å²) in [6.45, 7) is 4.00. The number of nitrogens with zero attached hydrogens (tertiary/aromatic N) is 1. The molecule has 9 heteroatoms. The van der Waals surface area contributed by atoms with E-state index in [1.807, 2.05) is 42.5 Å². The second-order valence-electron chi connectivity index (χ2n) is 12.3. The third-order valence-electron chi connectivity index (χ3n) is 9.12. The molecule has 1 aromatic heterocycles. The van der Waals surface area contributed by atoms with E-state index in [1.165, 1.54) is 12.8 Å². The minimum Gasteiger partial charge on any atom is -0.493 e. The van der Waals surface area contributed by atoms with Crippen LogP contribution < -0.4 is 19.5 Å². The van der Waals surface area contributed by atoms with Crippen molar-refractivity contribution in [3.63, 3.8) is 0 Å². The minimum atomic E-state index is -0.660. The van der Waals surface area contributed by atoms with Crippen molar-refractivity contribution in [3.8, 4) is 17.2 Å². The number of β-amino-alcohol motifs (C(OH)–C–C–N with tert-alkyl or cyclic N) is 1. The van der Waals surface area contributed by atoms with Gasteiger partial charge in [0.15, 0.2) is 11.5 Å². The number of benzene rings is 3. The minimum absolute atomic E-state index is 0.189. The topological polar surface area (TPSA) is 108 Å². The van der Waals surface area contributed by atoms with Crippen LogP contribution >= 0.6 is 0 Å². The molecular formula is C36H47N3O6. The molecular weight excluding hydrogens is 570 g/mol. The zero-order chi connectivity index (χ0) is 31.0. The lowest BCUT2D eigenvalue weighted by Gasteiger charge is -2.37. The van der Waals surface area contributed by atoms with E-state index >= 15 is 0 Å². The molecule has 1 saturated carbocycles. The molecule has 242 valence electrons. The summed E-state index contributed by atoms with van der Waals surface area (Å²) < 4.78 is 24.0. The number of ether oxygens (including phenoxy) is 4. The molecule has 0 bridgehead atoms. The molecule has 4 N–H and O–H groups in total. The van der Waals surface area contributed by atoms with E-state index in [9.17, 15) is 10.2 Å². The van der Waals surface area contributed by atoms with Crippen LogP contribution in [-0.2, 0) is 11.2 Å². The second-order valence-corrected chi connectivity index (χ2v) is 12.3. The molecule has 1 aliphatic heterocycles. The highest BCUT2D eigenvalue weighted by atomic mass is 16.5. The maximum atomic E-state index is 10.5. The summed E-state index contributed by atoms with van der Waals surface area (Å²) >= 11 is 0. The van der Waals surface area contributed by atoms with Crippen molar-refractivity contribution in [2.75, 3.05) is 53.1 Å². The molecule has 6 rings (SSSR count). The Bertz CT molecular complexity index is 1530. The van der Waals surface area contributed by atoms with E-state index in [1.54, 1.807) is 7.11 Å². The molecule has 0 spiro atoms. The van der Waals surface area contributed by atoms with E-state index < -0.39 is 6.10 Å². The van der Waals surface area contributed by atoms with Crippen molar-refractivity contribution in [2.24, 2.45) is 0 Å². The zero-order valence-corrected chi connectivity index (χ0v) is 26.2. The molecule has 3 aromatic carbocycles. The molecule has 4 aromatic rings. The van der Waals surface area contributed by atoms with Crippen LogP contribution in [-0.4, -0.2) is 97.6 Å². The van der Waals surface area contributed by atoms with Crippen LogP contribution in [0.4, 0.5) is 0 Å². The van der Waals surface area contributed by atoms with Gasteiger partial charge in [0.2, 0.25) is 0 Å². The van der Waals surface area contributed by atoms with Crippen LogP contribution in [0.2, 0.25) is 0 Å². The highest BCUT2D eigenvalue weighted by molar-refractivity contribution is 6.10. The first-order valence-corrected chi connectivity index (χ1v) is 16.4. The van der Waals surface area contributed by atoms with E-state index in [-0.39, 0.29) is 18.8 Å². The molecule has 2 fully saturated rings. The van der Waals surface area contributed by atoms with Gasteiger partial charge in [-0.1, -0.05) is 43.2 Å². The number of rotatable bonds is 15. The van der Waals surface area contributed by atoms with Crippen LogP contribution in [0.5, 0.6) is 17.2 Å². The first-order chi connectivity index (χ1) is 22.1. The number of nitrogens with one attached hydrogen (secondary N) is 2. The third-order valence-corrected chi connectivity index (χ3v) is 9.12. The fourth-order valence-corrected chi connectivity index (χ4v) is 6.81. The number of aliphatic hydroxyl groups is 2. The molecule has 0 amide bonds. The molecule has 2 aliphatic rings. The number of likely N-dealkylation sites (tertiary alicyclic amines) is 1. The fraction of sp³-hybridized carbons (Fsp3) is 0.500. The first-order valence-electron chi connectivity index (χ1n) is 16.4. The van der Waals surface area contributed by atoms with Gasteiger partial charge in [-0.25, -0.2) is 0 Å². The summed E-state index contributed by atoms with van der Waals surface area (Å²) in [5, 5.41) is 25.9. The molecule has 45 heavy (non-hydrogen) atoms. The Morgan fingerprint density at radius 1 is 0.933 bits per heavy atom. The number of hydrogen-bond acceptors (Lipinski definition) is 8. The number of methoxy groups -OCH3 is 1. The SMILES string of the molecule is COc1cc(CCO[C@@H]2CCCC[C@@H]2N2CCC(O)C2)ccc1OCCNC[C@@H](O)COc1cccc2[nH]c3ccccc3c12.